The molecular weight excluding hydrogens is 336 g/mol. The lowest BCUT2D eigenvalue weighted by atomic mass is 9.88. The predicted molar refractivity (Wildman–Crippen MR) is 83.6 cm³/mol. The molecule has 3 nitrogen and oxygen atoms in total. The molecule has 108 valence electrons. The van der Waals surface area contributed by atoms with Crippen LogP contribution in [-0.4, -0.2) is 22.2 Å². The normalized spacial score (nSPS) is 33.1. The average Bonchev–Trinajstić information content (AvgIpc) is 3.18. The highest BCUT2D eigenvalue weighted by molar-refractivity contribution is 9.10. The molecule has 1 N–H and O–H groups in total. The lowest BCUT2D eigenvalue weighted by Crippen LogP contribution is -2.18. The molecule has 1 saturated carbocycles. The summed E-state index contributed by atoms with van der Waals surface area (Å²) >= 11 is 9.11. The Morgan fingerprint density at radius 1 is 1.20 bits per heavy atom. The van der Waals surface area contributed by atoms with Crippen LogP contribution in [-0.2, 0) is 4.74 Å². The largest absolute Gasteiger partial charge is 0.374 e. The van der Waals surface area contributed by atoms with Gasteiger partial charge >= 0.3 is 0 Å². The lowest BCUT2D eigenvalue weighted by molar-refractivity contribution is 0.0998. The first-order valence-corrected chi connectivity index (χ1v) is 8.87. The Labute approximate surface area is 132 Å². The van der Waals surface area contributed by atoms with Gasteiger partial charge in [-0.05, 0) is 48.0 Å². The van der Waals surface area contributed by atoms with Crippen molar-refractivity contribution in [1.82, 2.24) is 9.97 Å². The van der Waals surface area contributed by atoms with E-state index in [-0.39, 0.29) is 0 Å². The molecular formula is C15H19BrN2OS. The van der Waals surface area contributed by atoms with E-state index in [0.29, 0.717) is 28.7 Å². The third-order valence-electron chi connectivity index (χ3n) is 5.13. The van der Waals surface area contributed by atoms with Crippen molar-refractivity contribution < 1.29 is 4.74 Å². The van der Waals surface area contributed by atoms with Gasteiger partial charge in [-0.25, -0.2) is 4.98 Å². The molecule has 0 amide bonds. The molecule has 1 aromatic rings. The van der Waals surface area contributed by atoms with Crippen LogP contribution in [0.5, 0.6) is 0 Å². The fraction of sp³-hybridized carbons (Fsp3) is 0.733. The Morgan fingerprint density at radius 2 is 2.00 bits per heavy atom. The van der Waals surface area contributed by atoms with Crippen LogP contribution < -0.4 is 0 Å². The third-order valence-corrected chi connectivity index (χ3v) is 6.49. The molecule has 1 aromatic heterocycles. The van der Waals surface area contributed by atoms with Gasteiger partial charge in [0, 0.05) is 17.5 Å². The molecule has 0 aromatic carbocycles. The summed E-state index contributed by atoms with van der Waals surface area (Å²) in [5.74, 6) is 2.10. The molecule has 3 unspecified atom stereocenters. The van der Waals surface area contributed by atoms with Crippen molar-refractivity contribution in [2.24, 2.45) is 0 Å². The summed E-state index contributed by atoms with van der Waals surface area (Å²) in [4.78, 5) is 8.26. The van der Waals surface area contributed by atoms with E-state index in [1.54, 1.807) is 0 Å². The highest BCUT2D eigenvalue weighted by Crippen LogP contribution is 2.44. The van der Waals surface area contributed by atoms with E-state index in [0.717, 1.165) is 16.7 Å². The smallest absolute Gasteiger partial charge is 0.144 e. The number of aromatic amines is 1. The summed E-state index contributed by atoms with van der Waals surface area (Å²) < 4.78 is 7.69. The SMILES string of the molecule is S=c1nc(C2CC3CCC2O3)[nH]c(C2CCCC2)c1Br. The Kier molecular flexibility index (Phi) is 3.47. The minimum Gasteiger partial charge on any atom is -0.374 e. The number of fused-ring (bicyclic) bond motifs is 2. The molecule has 2 saturated heterocycles. The summed E-state index contributed by atoms with van der Waals surface area (Å²) in [7, 11) is 0. The van der Waals surface area contributed by atoms with Crippen molar-refractivity contribution in [2.45, 2.75) is 69.0 Å². The van der Waals surface area contributed by atoms with Gasteiger partial charge < -0.3 is 9.72 Å². The van der Waals surface area contributed by atoms with Crippen LogP contribution >= 0.6 is 28.1 Å². The number of rotatable bonds is 2. The van der Waals surface area contributed by atoms with Crippen molar-refractivity contribution in [3.8, 4) is 0 Å². The molecule has 3 aliphatic rings. The molecule has 3 atom stereocenters. The molecule has 0 spiro atoms. The van der Waals surface area contributed by atoms with Crippen LogP contribution in [0.15, 0.2) is 4.47 Å². The molecule has 2 bridgehead atoms. The molecule has 20 heavy (non-hydrogen) atoms. The monoisotopic (exact) mass is 354 g/mol. The number of nitrogens with one attached hydrogen (secondary N) is 1. The average molecular weight is 355 g/mol. The summed E-state index contributed by atoms with van der Waals surface area (Å²) in [5, 5.41) is 0. The Morgan fingerprint density at radius 3 is 2.65 bits per heavy atom. The number of hydrogen-bond acceptors (Lipinski definition) is 3. The Balaban J connectivity index is 1.71. The van der Waals surface area contributed by atoms with E-state index in [2.05, 4.69) is 25.9 Å². The second-order valence-electron chi connectivity index (χ2n) is 6.35. The van der Waals surface area contributed by atoms with Gasteiger partial charge in [-0.15, -0.1) is 0 Å². The Bertz CT molecular complexity index is 582. The predicted octanol–water partition coefficient (Wildman–Crippen LogP) is 4.59. The quantitative estimate of drug-likeness (QED) is 0.789. The molecule has 1 aliphatic carbocycles. The maximum atomic E-state index is 5.97. The van der Waals surface area contributed by atoms with Crippen molar-refractivity contribution in [2.75, 3.05) is 0 Å². The second-order valence-corrected chi connectivity index (χ2v) is 7.53. The highest BCUT2D eigenvalue weighted by atomic mass is 79.9. The van der Waals surface area contributed by atoms with Crippen LogP contribution in [0.3, 0.4) is 0 Å². The zero-order chi connectivity index (χ0) is 13.7. The van der Waals surface area contributed by atoms with Crippen molar-refractivity contribution in [3.63, 3.8) is 0 Å². The minimum absolute atomic E-state index is 0.357. The first-order chi connectivity index (χ1) is 9.72. The molecule has 5 heteroatoms. The van der Waals surface area contributed by atoms with Gasteiger partial charge in [0.15, 0.2) is 0 Å². The fourth-order valence-corrected chi connectivity index (χ4v) is 4.81. The number of halogens is 1. The summed E-state index contributed by atoms with van der Waals surface area (Å²) in [6.45, 7) is 0. The van der Waals surface area contributed by atoms with Gasteiger partial charge in [-0.2, -0.15) is 0 Å². The van der Waals surface area contributed by atoms with E-state index in [9.17, 15) is 0 Å². The van der Waals surface area contributed by atoms with Crippen LogP contribution in [0.1, 0.15) is 68.3 Å². The van der Waals surface area contributed by atoms with E-state index in [1.165, 1.54) is 44.2 Å². The summed E-state index contributed by atoms with van der Waals surface area (Å²) in [5.41, 5.74) is 1.28. The van der Waals surface area contributed by atoms with E-state index < -0.39 is 0 Å². The van der Waals surface area contributed by atoms with Gasteiger partial charge in [0.05, 0.1) is 16.7 Å². The molecule has 0 radical (unpaired) electrons. The first-order valence-electron chi connectivity index (χ1n) is 7.67. The highest BCUT2D eigenvalue weighted by Gasteiger charge is 2.43. The molecule has 2 aliphatic heterocycles. The lowest BCUT2D eigenvalue weighted by Gasteiger charge is -2.21. The topological polar surface area (TPSA) is 37.9 Å². The van der Waals surface area contributed by atoms with Crippen molar-refractivity contribution in [3.05, 3.63) is 20.6 Å². The molecule has 4 rings (SSSR count). The molecule has 3 fully saturated rings. The standard InChI is InChI=1S/C15H19BrN2OS/c16-12-13(8-3-1-2-4-8)17-14(18-15(12)20)10-7-9-5-6-11(10)19-9/h8-11H,1-7H2,(H,17,18,20). The number of nitrogens with zero attached hydrogens (tertiary/aromatic N) is 1. The van der Waals surface area contributed by atoms with Crippen LogP contribution in [0.2, 0.25) is 0 Å². The fourth-order valence-electron chi connectivity index (χ4n) is 4.09. The van der Waals surface area contributed by atoms with Crippen LogP contribution in [0.25, 0.3) is 0 Å². The van der Waals surface area contributed by atoms with Gasteiger partial charge in [-0.3, -0.25) is 0 Å². The van der Waals surface area contributed by atoms with E-state index in [1.807, 2.05) is 0 Å². The van der Waals surface area contributed by atoms with Gasteiger partial charge in [0.1, 0.15) is 10.5 Å². The van der Waals surface area contributed by atoms with Gasteiger partial charge in [0.2, 0.25) is 0 Å². The van der Waals surface area contributed by atoms with Crippen LogP contribution in [0, 0.1) is 4.64 Å². The number of hydrogen-bond donors (Lipinski definition) is 1. The maximum Gasteiger partial charge on any atom is 0.144 e. The first kappa shape index (κ1) is 13.4. The van der Waals surface area contributed by atoms with Gasteiger partial charge in [0.25, 0.3) is 0 Å². The Hall–Kier alpha value is -0.260. The van der Waals surface area contributed by atoms with Gasteiger partial charge in [-0.1, -0.05) is 25.1 Å². The maximum absolute atomic E-state index is 5.97. The summed E-state index contributed by atoms with van der Waals surface area (Å²) in [6, 6.07) is 0. The molecule has 3 heterocycles. The minimum atomic E-state index is 0.357. The van der Waals surface area contributed by atoms with Crippen LogP contribution in [0.4, 0.5) is 0 Å². The third kappa shape index (κ3) is 2.18. The van der Waals surface area contributed by atoms with E-state index in [4.69, 9.17) is 17.0 Å². The number of ether oxygens (including phenoxy) is 1. The zero-order valence-corrected chi connectivity index (χ0v) is 13.8. The van der Waals surface area contributed by atoms with Crippen molar-refractivity contribution >= 4 is 28.1 Å². The number of aromatic nitrogens is 2. The number of H-pyrrole nitrogens is 1. The zero-order valence-electron chi connectivity index (χ0n) is 11.4. The summed E-state index contributed by atoms with van der Waals surface area (Å²) in [6.07, 6.45) is 9.48. The second kappa shape index (κ2) is 5.18. The van der Waals surface area contributed by atoms with E-state index >= 15 is 0 Å². The van der Waals surface area contributed by atoms with Crippen molar-refractivity contribution in [1.29, 1.82) is 0 Å².